The molecule has 28 heavy (non-hydrogen) atoms. The zero-order chi connectivity index (χ0) is 19.9. The molecule has 1 saturated heterocycles. The van der Waals surface area contributed by atoms with Crippen LogP contribution in [0.1, 0.15) is 18.9 Å². The maximum Gasteiger partial charge on any atom is 0.224 e. The molecule has 0 spiro atoms. The molecule has 0 bridgehead atoms. The number of rotatable bonds is 6. The molecule has 1 fully saturated rings. The number of carbonyl (C=O) groups excluding carboxylic acids is 2. The standard InChI is InChI=1S/C22H26ClN3O2/c1-18(27)26(21-9-7-20(23)8-10-21)12-11-22(28)25-15-13-24(14-16-25)17-19-5-3-2-4-6-19/h2-10H,11-17H2,1H3. The summed E-state index contributed by atoms with van der Waals surface area (Å²) in [6.07, 6.45) is 0.320. The molecule has 6 heteroatoms. The van der Waals surface area contributed by atoms with Gasteiger partial charge in [-0.2, -0.15) is 0 Å². The van der Waals surface area contributed by atoms with Crippen LogP contribution < -0.4 is 4.90 Å². The molecular weight excluding hydrogens is 374 g/mol. The highest BCUT2D eigenvalue weighted by molar-refractivity contribution is 6.30. The summed E-state index contributed by atoms with van der Waals surface area (Å²) in [5.41, 5.74) is 2.06. The van der Waals surface area contributed by atoms with Crippen molar-refractivity contribution < 1.29 is 9.59 Å². The fourth-order valence-corrected chi connectivity index (χ4v) is 3.58. The van der Waals surface area contributed by atoms with Gasteiger partial charge in [0.05, 0.1) is 0 Å². The van der Waals surface area contributed by atoms with Gasteiger partial charge in [0.2, 0.25) is 11.8 Å². The summed E-state index contributed by atoms with van der Waals surface area (Å²) in [6.45, 7) is 6.00. The average molecular weight is 400 g/mol. The van der Waals surface area contributed by atoms with Crippen LogP contribution in [0.25, 0.3) is 0 Å². The average Bonchev–Trinajstić information content (AvgIpc) is 2.70. The number of piperazine rings is 1. The molecule has 0 atom stereocenters. The topological polar surface area (TPSA) is 43.9 Å². The van der Waals surface area contributed by atoms with Gasteiger partial charge < -0.3 is 9.80 Å². The summed E-state index contributed by atoms with van der Waals surface area (Å²) in [5, 5.41) is 0.622. The van der Waals surface area contributed by atoms with Crippen molar-refractivity contribution in [2.75, 3.05) is 37.6 Å². The van der Waals surface area contributed by atoms with Crippen LogP contribution in [0.4, 0.5) is 5.69 Å². The van der Waals surface area contributed by atoms with Crippen molar-refractivity contribution in [3.8, 4) is 0 Å². The minimum Gasteiger partial charge on any atom is -0.340 e. The van der Waals surface area contributed by atoms with Gasteiger partial charge in [0, 0.05) is 63.3 Å². The van der Waals surface area contributed by atoms with E-state index in [0.29, 0.717) is 18.0 Å². The molecule has 2 aromatic rings. The lowest BCUT2D eigenvalue weighted by Gasteiger charge is -2.35. The van der Waals surface area contributed by atoms with Gasteiger partial charge in [-0.25, -0.2) is 0 Å². The quantitative estimate of drug-likeness (QED) is 0.747. The van der Waals surface area contributed by atoms with Gasteiger partial charge in [-0.1, -0.05) is 41.9 Å². The third kappa shape index (κ3) is 5.57. The first-order valence-corrected chi connectivity index (χ1v) is 9.98. The zero-order valence-electron chi connectivity index (χ0n) is 16.2. The van der Waals surface area contributed by atoms with Crippen LogP contribution in [0, 0.1) is 0 Å². The fourth-order valence-electron chi connectivity index (χ4n) is 3.45. The second-order valence-corrected chi connectivity index (χ2v) is 7.48. The predicted molar refractivity (Wildman–Crippen MR) is 112 cm³/mol. The van der Waals surface area contributed by atoms with E-state index in [4.69, 9.17) is 11.6 Å². The predicted octanol–water partition coefficient (Wildman–Crippen LogP) is 3.43. The SMILES string of the molecule is CC(=O)N(CCC(=O)N1CCN(Cc2ccccc2)CC1)c1ccc(Cl)cc1. The highest BCUT2D eigenvalue weighted by Crippen LogP contribution is 2.19. The molecule has 1 aliphatic rings. The first-order valence-electron chi connectivity index (χ1n) is 9.60. The molecule has 0 aliphatic carbocycles. The van der Waals surface area contributed by atoms with Gasteiger partial charge in [0.25, 0.3) is 0 Å². The van der Waals surface area contributed by atoms with Crippen LogP contribution in [0.3, 0.4) is 0 Å². The summed E-state index contributed by atoms with van der Waals surface area (Å²) in [5.74, 6) is 0.0161. The van der Waals surface area contributed by atoms with Gasteiger partial charge >= 0.3 is 0 Å². The Labute approximate surface area is 171 Å². The Morgan fingerprint density at radius 1 is 0.964 bits per heavy atom. The second-order valence-electron chi connectivity index (χ2n) is 7.04. The highest BCUT2D eigenvalue weighted by Gasteiger charge is 2.22. The maximum absolute atomic E-state index is 12.6. The van der Waals surface area contributed by atoms with E-state index < -0.39 is 0 Å². The van der Waals surface area contributed by atoms with Crippen LogP contribution in [-0.4, -0.2) is 54.3 Å². The highest BCUT2D eigenvalue weighted by atomic mass is 35.5. The van der Waals surface area contributed by atoms with Crippen LogP contribution in [0.2, 0.25) is 5.02 Å². The Morgan fingerprint density at radius 3 is 2.21 bits per heavy atom. The van der Waals surface area contributed by atoms with Crippen LogP contribution in [0.5, 0.6) is 0 Å². The number of benzene rings is 2. The summed E-state index contributed by atoms with van der Waals surface area (Å²) in [6, 6.07) is 17.5. The van der Waals surface area contributed by atoms with Gasteiger partial charge in [0.1, 0.15) is 0 Å². The van der Waals surface area contributed by atoms with Crippen LogP contribution in [-0.2, 0) is 16.1 Å². The lowest BCUT2D eigenvalue weighted by atomic mass is 10.2. The zero-order valence-corrected chi connectivity index (χ0v) is 16.9. The van der Waals surface area contributed by atoms with E-state index in [9.17, 15) is 9.59 Å². The first kappa shape index (κ1) is 20.4. The monoisotopic (exact) mass is 399 g/mol. The molecule has 3 rings (SSSR count). The molecule has 0 aromatic heterocycles. The van der Waals surface area contributed by atoms with Gasteiger partial charge in [0.15, 0.2) is 0 Å². The summed E-state index contributed by atoms with van der Waals surface area (Å²) in [4.78, 5) is 30.5. The Hall–Kier alpha value is -2.37. The maximum atomic E-state index is 12.6. The largest absolute Gasteiger partial charge is 0.340 e. The number of amides is 2. The van der Waals surface area contributed by atoms with Gasteiger partial charge in [-0.05, 0) is 29.8 Å². The third-order valence-electron chi connectivity index (χ3n) is 5.04. The lowest BCUT2D eigenvalue weighted by molar-refractivity contribution is -0.132. The fraction of sp³-hybridized carbons (Fsp3) is 0.364. The van der Waals surface area contributed by atoms with E-state index in [-0.39, 0.29) is 11.8 Å². The van der Waals surface area contributed by atoms with Crippen molar-refractivity contribution in [1.29, 1.82) is 0 Å². The molecule has 0 unspecified atom stereocenters. The van der Waals surface area contributed by atoms with Crippen LogP contribution >= 0.6 is 11.6 Å². The summed E-state index contributed by atoms with van der Waals surface area (Å²) < 4.78 is 0. The molecule has 0 saturated carbocycles. The van der Waals surface area contributed by atoms with Crippen molar-refractivity contribution in [3.63, 3.8) is 0 Å². The van der Waals surface area contributed by atoms with Crippen molar-refractivity contribution in [2.45, 2.75) is 19.9 Å². The molecule has 2 amide bonds. The third-order valence-corrected chi connectivity index (χ3v) is 5.29. The Balaban J connectivity index is 1.48. The van der Waals surface area contributed by atoms with Crippen molar-refractivity contribution in [1.82, 2.24) is 9.80 Å². The van der Waals surface area contributed by atoms with E-state index in [1.165, 1.54) is 12.5 Å². The van der Waals surface area contributed by atoms with Gasteiger partial charge in [-0.3, -0.25) is 14.5 Å². The van der Waals surface area contributed by atoms with Crippen molar-refractivity contribution in [3.05, 3.63) is 65.2 Å². The molecule has 1 aliphatic heterocycles. The normalized spacial score (nSPS) is 14.7. The van der Waals surface area contributed by atoms with Crippen molar-refractivity contribution >= 4 is 29.1 Å². The first-order chi connectivity index (χ1) is 13.5. The molecule has 2 aromatic carbocycles. The minimum atomic E-state index is -0.0807. The number of nitrogens with zero attached hydrogens (tertiary/aromatic N) is 3. The Kier molecular flexibility index (Phi) is 7.06. The smallest absolute Gasteiger partial charge is 0.224 e. The second kappa shape index (κ2) is 9.71. The number of halogens is 1. The number of carbonyl (C=O) groups is 2. The van der Waals surface area contributed by atoms with E-state index in [1.54, 1.807) is 29.2 Å². The Bertz CT molecular complexity index is 787. The van der Waals surface area contributed by atoms with Gasteiger partial charge in [-0.15, -0.1) is 0 Å². The van der Waals surface area contributed by atoms with E-state index >= 15 is 0 Å². The molecule has 1 heterocycles. The number of anilines is 1. The van der Waals surface area contributed by atoms with E-state index in [2.05, 4.69) is 29.2 Å². The molecule has 0 N–H and O–H groups in total. The lowest BCUT2D eigenvalue weighted by Crippen LogP contribution is -2.49. The number of hydrogen-bond donors (Lipinski definition) is 0. The molecule has 5 nitrogen and oxygen atoms in total. The number of hydrogen-bond acceptors (Lipinski definition) is 3. The minimum absolute atomic E-state index is 0.0807. The van der Waals surface area contributed by atoms with Crippen molar-refractivity contribution in [2.24, 2.45) is 0 Å². The summed E-state index contributed by atoms with van der Waals surface area (Å²) >= 11 is 5.92. The molecule has 0 radical (unpaired) electrons. The molecular formula is C22H26ClN3O2. The van der Waals surface area contributed by atoms with E-state index in [1.807, 2.05) is 11.0 Å². The summed E-state index contributed by atoms with van der Waals surface area (Å²) in [7, 11) is 0. The van der Waals surface area contributed by atoms with Crippen LogP contribution in [0.15, 0.2) is 54.6 Å². The van der Waals surface area contributed by atoms with E-state index in [0.717, 1.165) is 38.4 Å². The molecule has 148 valence electrons. The Morgan fingerprint density at radius 2 is 1.61 bits per heavy atom.